The van der Waals surface area contributed by atoms with Gasteiger partial charge in [0.05, 0.1) is 17.1 Å². The minimum Gasteiger partial charge on any atom is -0.406 e. The molecule has 0 aliphatic rings. The van der Waals surface area contributed by atoms with Crippen LogP contribution in [0.4, 0.5) is 23.2 Å². The molecule has 0 fully saturated rings. The molecule has 0 saturated heterocycles. The number of alkyl halides is 3. The highest BCUT2D eigenvalue weighted by atomic mass is 32.2. The number of nitrogens with one attached hydrogen (secondary N) is 2. The van der Waals surface area contributed by atoms with Crippen molar-refractivity contribution in [2.24, 2.45) is 0 Å². The van der Waals surface area contributed by atoms with Gasteiger partial charge in [0.15, 0.2) is 0 Å². The second-order valence-corrected chi connectivity index (χ2v) is 7.14. The zero-order valence-corrected chi connectivity index (χ0v) is 14.6. The van der Waals surface area contributed by atoms with Gasteiger partial charge in [-0.05, 0) is 48.9 Å². The van der Waals surface area contributed by atoms with Crippen molar-refractivity contribution in [3.8, 4) is 5.75 Å². The van der Waals surface area contributed by atoms with E-state index in [1.807, 2.05) is 4.72 Å². The minimum absolute atomic E-state index is 0.104. The van der Waals surface area contributed by atoms with E-state index >= 15 is 0 Å². The van der Waals surface area contributed by atoms with Crippen molar-refractivity contribution in [2.75, 3.05) is 11.9 Å². The molecule has 27 heavy (non-hydrogen) atoms. The third-order valence-corrected chi connectivity index (χ3v) is 4.60. The largest absolute Gasteiger partial charge is 0.573 e. The van der Waals surface area contributed by atoms with Crippen LogP contribution in [0, 0.1) is 12.7 Å². The van der Waals surface area contributed by atoms with E-state index in [0.717, 1.165) is 30.3 Å². The lowest BCUT2D eigenvalue weighted by Crippen LogP contribution is -2.33. The van der Waals surface area contributed by atoms with Gasteiger partial charge in [-0.3, -0.25) is 4.79 Å². The molecule has 6 nitrogen and oxygen atoms in total. The predicted octanol–water partition coefficient (Wildman–Crippen LogP) is 2.95. The number of carbonyl (C=O) groups excluding carboxylic acids is 1. The number of rotatable bonds is 6. The summed E-state index contributed by atoms with van der Waals surface area (Å²) in [5.41, 5.74) is 0.585. The molecule has 0 aliphatic carbocycles. The number of aryl methyl sites for hydroxylation is 1. The molecule has 146 valence electrons. The van der Waals surface area contributed by atoms with Gasteiger partial charge in [-0.1, -0.05) is 6.07 Å². The fourth-order valence-electron chi connectivity index (χ4n) is 1.99. The third-order valence-electron chi connectivity index (χ3n) is 3.19. The van der Waals surface area contributed by atoms with E-state index in [1.165, 1.54) is 12.1 Å². The van der Waals surface area contributed by atoms with Crippen LogP contribution < -0.4 is 14.8 Å². The molecule has 0 atom stereocenters. The first-order chi connectivity index (χ1) is 12.5. The van der Waals surface area contributed by atoms with Gasteiger partial charge in [0, 0.05) is 0 Å². The Hall–Kier alpha value is -2.66. The van der Waals surface area contributed by atoms with Crippen LogP contribution >= 0.6 is 0 Å². The average molecular weight is 406 g/mol. The lowest BCUT2D eigenvalue weighted by Gasteiger charge is -2.11. The van der Waals surface area contributed by atoms with E-state index in [1.54, 1.807) is 6.92 Å². The van der Waals surface area contributed by atoms with E-state index in [0.29, 0.717) is 5.56 Å². The van der Waals surface area contributed by atoms with Gasteiger partial charge in [-0.2, -0.15) is 0 Å². The maximum atomic E-state index is 13.6. The normalized spacial score (nSPS) is 11.9. The molecule has 11 heteroatoms. The van der Waals surface area contributed by atoms with Gasteiger partial charge in [-0.15, -0.1) is 13.2 Å². The quantitative estimate of drug-likeness (QED) is 0.723. The molecule has 0 aromatic heterocycles. The van der Waals surface area contributed by atoms with E-state index in [2.05, 4.69) is 10.1 Å². The van der Waals surface area contributed by atoms with E-state index in [4.69, 9.17) is 0 Å². The summed E-state index contributed by atoms with van der Waals surface area (Å²) in [6.45, 7) is 0.987. The molecule has 2 aromatic carbocycles. The molecule has 0 unspecified atom stereocenters. The molecular formula is C16H14F4N2O4S. The Morgan fingerprint density at radius 1 is 1.11 bits per heavy atom. The number of amides is 1. The maximum Gasteiger partial charge on any atom is 0.573 e. The summed E-state index contributed by atoms with van der Waals surface area (Å²) in [5, 5.41) is 2.22. The maximum absolute atomic E-state index is 13.6. The third kappa shape index (κ3) is 6.22. The van der Waals surface area contributed by atoms with E-state index < -0.39 is 40.4 Å². The fraction of sp³-hybridized carbons (Fsp3) is 0.188. The number of anilines is 1. The van der Waals surface area contributed by atoms with Crippen LogP contribution in [0.3, 0.4) is 0 Å². The van der Waals surface area contributed by atoms with Crippen molar-refractivity contribution < 1.29 is 35.5 Å². The van der Waals surface area contributed by atoms with Crippen molar-refractivity contribution >= 4 is 21.6 Å². The Labute approximate surface area is 152 Å². The van der Waals surface area contributed by atoms with Crippen LogP contribution in [-0.4, -0.2) is 27.2 Å². The first-order valence-electron chi connectivity index (χ1n) is 7.38. The summed E-state index contributed by atoms with van der Waals surface area (Å²) >= 11 is 0. The summed E-state index contributed by atoms with van der Waals surface area (Å²) < 4.78 is 79.6. The van der Waals surface area contributed by atoms with Crippen molar-refractivity contribution in [3.63, 3.8) is 0 Å². The number of sulfonamides is 1. The smallest absolute Gasteiger partial charge is 0.406 e. The molecule has 2 aromatic rings. The van der Waals surface area contributed by atoms with Crippen LogP contribution in [0.1, 0.15) is 5.56 Å². The van der Waals surface area contributed by atoms with Crippen LogP contribution in [0.5, 0.6) is 5.75 Å². The summed E-state index contributed by atoms with van der Waals surface area (Å²) in [4.78, 5) is 11.4. The Bertz CT molecular complexity index is 928. The summed E-state index contributed by atoms with van der Waals surface area (Å²) in [6, 6.07) is 7.46. The molecule has 1 amide bonds. The highest BCUT2D eigenvalue weighted by molar-refractivity contribution is 7.89. The standard InChI is InChI=1S/C16H14F4N2O4S/c1-10-2-7-13(17)14(8-10)22-15(23)9-21-27(24,25)12-5-3-11(4-6-12)26-16(18,19)20/h2-8,21H,9H2,1H3,(H,22,23). The van der Waals surface area contributed by atoms with Gasteiger partial charge in [0.1, 0.15) is 11.6 Å². The number of benzene rings is 2. The predicted molar refractivity (Wildman–Crippen MR) is 88.1 cm³/mol. The molecule has 0 aliphatic heterocycles. The lowest BCUT2D eigenvalue weighted by molar-refractivity contribution is -0.274. The first-order valence-corrected chi connectivity index (χ1v) is 8.86. The average Bonchev–Trinajstić information content (AvgIpc) is 2.55. The van der Waals surface area contributed by atoms with Crippen LogP contribution in [0.2, 0.25) is 0 Å². The molecular weight excluding hydrogens is 392 g/mol. The van der Waals surface area contributed by atoms with Crippen molar-refractivity contribution in [1.29, 1.82) is 0 Å². The van der Waals surface area contributed by atoms with Crippen LogP contribution in [0.25, 0.3) is 0 Å². The van der Waals surface area contributed by atoms with Crippen LogP contribution in [0.15, 0.2) is 47.4 Å². The van der Waals surface area contributed by atoms with E-state index in [9.17, 15) is 30.8 Å². The zero-order chi connectivity index (χ0) is 20.2. The molecule has 2 N–H and O–H groups in total. The molecule has 0 bridgehead atoms. The number of halogens is 4. The van der Waals surface area contributed by atoms with Crippen molar-refractivity contribution in [1.82, 2.24) is 4.72 Å². The van der Waals surface area contributed by atoms with Crippen molar-refractivity contribution in [2.45, 2.75) is 18.2 Å². The fourth-order valence-corrected chi connectivity index (χ4v) is 2.98. The summed E-state index contributed by atoms with van der Waals surface area (Å²) in [7, 11) is -4.17. The summed E-state index contributed by atoms with van der Waals surface area (Å²) in [6.07, 6.45) is -4.90. The summed E-state index contributed by atoms with van der Waals surface area (Å²) in [5.74, 6) is -2.09. The highest BCUT2D eigenvalue weighted by Gasteiger charge is 2.31. The Kier molecular flexibility index (Phi) is 6.06. The molecule has 2 rings (SSSR count). The highest BCUT2D eigenvalue weighted by Crippen LogP contribution is 2.23. The Morgan fingerprint density at radius 2 is 1.74 bits per heavy atom. The zero-order valence-electron chi connectivity index (χ0n) is 13.8. The SMILES string of the molecule is Cc1ccc(F)c(NC(=O)CNS(=O)(=O)c2ccc(OC(F)(F)F)cc2)c1. The van der Waals surface area contributed by atoms with Gasteiger partial charge in [0.25, 0.3) is 0 Å². The second-order valence-electron chi connectivity index (χ2n) is 5.38. The molecule has 0 heterocycles. The van der Waals surface area contributed by atoms with Gasteiger partial charge in [-0.25, -0.2) is 17.5 Å². The topological polar surface area (TPSA) is 84.5 Å². The van der Waals surface area contributed by atoms with Gasteiger partial charge >= 0.3 is 6.36 Å². The minimum atomic E-state index is -4.90. The number of ether oxygens (including phenoxy) is 1. The molecule has 0 saturated carbocycles. The molecule has 0 radical (unpaired) electrons. The number of carbonyl (C=O) groups is 1. The Morgan fingerprint density at radius 3 is 2.33 bits per heavy atom. The van der Waals surface area contributed by atoms with E-state index in [-0.39, 0.29) is 10.6 Å². The van der Waals surface area contributed by atoms with Crippen molar-refractivity contribution in [3.05, 3.63) is 53.8 Å². The van der Waals surface area contributed by atoms with Gasteiger partial charge < -0.3 is 10.1 Å². The first kappa shape index (κ1) is 20.6. The van der Waals surface area contributed by atoms with Gasteiger partial charge in [0.2, 0.25) is 15.9 Å². The monoisotopic (exact) mass is 406 g/mol. The Balaban J connectivity index is 1.99. The van der Waals surface area contributed by atoms with Crippen LogP contribution in [-0.2, 0) is 14.8 Å². The number of hydrogen-bond acceptors (Lipinski definition) is 4. The number of hydrogen-bond donors (Lipinski definition) is 2. The second kappa shape index (κ2) is 7.92. The lowest BCUT2D eigenvalue weighted by atomic mass is 10.2. The molecule has 0 spiro atoms.